The summed E-state index contributed by atoms with van der Waals surface area (Å²) in [5, 5.41) is 7.63. The fourth-order valence-corrected chi connectivity index (χ4v) is 3.74. The number of nitrogens with zero attached hydrogens (tertiary/aromatic N) is 3. The SMILES string of the molecule is C[C@@H]1CN(CCNC(=O)c2cc(-c3ccco3)nn2-c2ccccc2)C[C@H](C)O1. The van der Waals surface area contributed by atoms with Crippen molar-refractivity contribution < 1.29 is 13.9 Å². The molecule has 7 nitrogen and oxygen atoms in total. The van der Waals surface area contributed by atoms with Crippen LogP contribution in [0.15, 0.2) is 59.2 Å². The number of ether oxygens (including phenoxy) is 1. The summed E-state index contributed by atoms with van der Waals surface area (Å²) in [7, 11) is 0. The van der Waals surface area contributed by atoms with Crippen LogP contribution in [0.1, 0.15) is 24.3 Å². The second-order valence-electron chi connectivity index (χ2n) is 7.41. The number of hydrogen-bond donors (Lipinski definition) is 1. The van der Waals surface area contributed by atoms with E-state index in [1.165, 1.54) is 0 Å². The van der Waals surface area contributed by atoms with Crippen LogP contribution in [0.2, 0.25) is 0 Å². The van der Waals surface area contributed by atoms with E-state index in [9.17, 15) is 4.79 Å². The summed E-state index contributed by atoms with van der Waals surface area (Å²) in [5.41, 5.74) is 1.93. The number of benzene rings is 1. The van der Waals surface area contributed by atoms with Crippen LogP contribution in [0.3, 0.4) is 0 Å². The van der Waals surface area contributed by atoms with E-state index in [0.717, 1.165) is 25.3 Å². The molecule has 2 atom stereocenters. The van der Waals surface area contributed by atoms with Gasteiger partial charge in [0.15, 0.2) is 5.76 Å². The molecule has 0 spiro atoms. The molecule has 7 heteroatoms. The van der Waals surface area contributed by atoms with Gasteiger partial charge in [-0.1, -0.05) is 18.2 Å². The monoisotopic (exact) mass is 394 g/mol. The fourth-order valence-electron chi connectivity index (χ4n) is 3.74. The maximum Gasteiger partial charge on any atom is 0.270 e. The van der Waals surface area contributed by atoms with E-state index in [0.29, 0.717) is 23.7 Å². The topological polar surface area (TPSA) is 72.5 Å². The highest BCUT2D eigenvalue weighted by molar-refractivity contribution is 5.94. The van der Waals surface area contributed by atoms with Gasteiger partial charge >= 0.3 is 0 Å². The predicted molar refractivity (Wildman–Crippen MR) is 110 cm³/mol. The Kier molecular flexibility index (Phi) is 5.78. The smallest absolute Gasteiger partial charge is 0.270 e. The second kappa shape index (κ2) is 8.63. The lowest BCUT2D eigenvalue weighted by Crippen LogP contribution is -2.47. The summed E-state index contributed by atoms with van der Waals surface area (Å²) in [6.45, 7) is 7.27. The average Bonchev–Trinajstić information content (AvgIpc) is 3.38. The number of hydrogen-bond acceptors (Lipinski definition) is 5. The largest absolute Gasteiger partial charge is 0.463 e. The average molecular weight is 394 g/mol. The van der Waals surface area contributed by atoms with Gasteiger partial charge in [0.1, 0.15) is 11.4 Å². The maximum absolute atomic E-state index is 12.9. The molecule has 3 heterocycles. The van der Waals surface area contributed by atoms with Crippen molar-refractivity contribution in [2.24, 2.45) is 0 Å². The van der Waals surface area contributed by atoms with Gasteiger partial charge in [-0.15, -0.1) is 0 Å². The Morgan fingerprint density at radius 1 is 1.14 bits per heavy atom. The quantitative estimate of drug-likeness (QED) is 0.696. The molecule has 1 aliphatic rings. The van der Waals surface area contributed by atoms with Crippen molar-refractivity contribution in [3.8, 4) is 17.1 Å². The van der Waals surface area contributed by atoms with Gasteiger partial charge in [-0.2, -0.15) is 5.10 Å². The van der Waals surface area contributed by atoms with Crippen molar-refractivity contribution in [3.05, 3.63) is 60.5 Å². The van der Waals surface area contributed by atoms with E-state index >= 15 is 0 Å². The number of morpholine rings is 1. The van der Waals surface area contributed by atoms with Gasteiger partial charge in [0.05, 0.1) is 24.2 Å². The van der Waals surface area contributed by atoms with Crippen molar-refractivity contribution in [1.82, 2.24) is 20.0 Å². The highest BCUT2D eigenvalue weighted by atomic mass is 16.5. The normalized spacial score (nSPS) is 19.9. The molecule has 1 amide bonds. The number of rotatable bonds is 6. The number of carbonyl (C=O) groups excluding carboxylic acids is 1. The molecular formula is C22H26N4O3. The first-order chi connectivity index (χ1) is 14.1. The van der Waals surface area contributed by atoms with E-state index < -0.39 is 0 Å². The first-order valence-electron chi connectivity index (χ1n) is 9.95. The van der Waals surface area contributed by atoms with Crippen molar-refractivity contribution in [2.75, 3.05) is 26.2 Å². The van der Waals surface area contributed by atoms with Crippen LogP contribution in [0, 0.1) is 0 Å². The molecule has 1 fully saturated rings. The second-order valence-corrected chi connectivity index (χ2v) is 7.41. The Balaban J connectivity index is 1.48. The third-order valence-corrected chi connectivity index (χ3v) is 4.93. The van der Waals surface area contributed by atoms with Crippen molar-refractivity contribution in [2.45, 2.75) is 26.1 Å². The third-order valence-electron chi connectivity index (χ3n) is 4.93. The number of amides is 1. The summed E-state index contributed by atoms with van der Waals surface area (Å²) in [6.07, 6.45) is 2.02. The number of para-hydroxylation sites is 1. The minimum Gasteiger partial charge on any atom is -0.463 e. The van der Waals surface area contributed by atoms with E-state index in [-0.39, 0.29) is 18.1 Å². The molecule has 3 aromatic rings. The highest BCUT2D eigenvalue weighted by Crippen LogP contribution is 2.22. The molecule has 0 saturated carbocycles. The van der Waals surface area contributed by atoms with Gasteiger partial charge < -0.3 is 14.5 Å². The number of aromatic nitrogens is 2. The lowest BCUT2D eigenvalue weighted by molar-refractivity contribution is -0.0672. The summed E-state index contributed by atoms with van der Waals surface area (Å²) in [5.74, 6) is 0.471. The molecular weight excluding hydrogens is 368 g/mol. The molecule has 0 unspecified atom stereocenters. The zero-order valence-electron chi connectivity index (χ0n) is 16.7. The fraction of sp³-hybridized carbons (Fsp3) is 0.364. The van der Waals surface area contributed by atoms with E-state index in [1.54, 1.807) is 23.1 Å². The van der Waals surface area contributed by atoms with Crippen LogP contribution in [-0.2, 0) is 4.74 Å². The molecule has 152 valence electrons. The van der Waals surface area contributed by atoms with E-state index in [1.807, 2.05) is 36.4 Å². The summed E-state index contributed by atoms with van der Waals surface area (Å²) >= 11 is 0. The van der Waals surface area contributed by atoms with Crippen LogP contribution < -0.4 is 5.32 Å². The summed E-state index contributed by atoms with van der Waals surface area (Å²) in [6, 6.07) is 15.0. The molecule has 0 radical (unpaired) electrons. The molecule has 1 aliphatic heterocycles. The summed E-state index contributed by atoms with van der Waals surface area (Å²) < 4.78 is 12.9. The minimum absolute atomic E-state index is 0.159. The van der Waals surface area contributed by atoms with Crippen molar-refractivity contribution >= 4 is 5.91 Å². The van der Waals surface area contributed by atoms with Gasteiger partial charge in [0, 0.05) is 32.2 Å². The van der Waals surface area contributed by atoms with Crippen molar-refractivity contribution in [1.29, 1.82) is 0 Å². The molecule has 1 N–H and O–H groups in total. The van der Waals surface area contributed by atoms with Gasteiger partial charge in [-0.3, -0.25) is 9.69 Å². The first-order valence-corrected chi connectivity index (χ1v) is 9.95. The number of nitrogens with one attached hydrogen (secondary N) is 1. The van der Waals surface area contributed by atoms with Crippen LogP contribution in [0.25, 0.3) is 17.1 Å². The zero-order chi connectivity index (χ0) is 20.2. The number of furan rings is 1. The molecule has 1 saturated heterocycles. The molecule has 0 bridgehead atoms. The first kappa shape index (κ1) is 19.4. The van der Waals surface area contributed by atoms with Crippen LogP contribution in [0.5, 0.6) is 0 Å². The lowest BCUT2D eigenvalue weighted by atomic mass is 10.2. The molecule has 2 aromatic heterocycles. The van der Waals surface area contributed by atoms with E-state index in [4.69, 9.17) is 9.15 Å². The Hall–Kier alpha value is -2.90. The summed E-state index contributed by atoms with van der Waals surface area (Å²) in [4.78, 5) is 15.3. The molecule has 29 heavy (non-hydrogen) atoms. The Bertz CT molecular complexity index is 926. The van der Waals surface area contributed by atoms with Crippen LogP contribution in [0.4, 0.5) is 0 Å². The Morgan fingerprint density at radius 3 is 2.59 bits per heavy atom. The van der Waals surface area contributed by atoms with Gasteiger partial charge in [-0.05, 0) is 38.1 Å². The highest BCUT2D eigenvalue weighted by Gasteiger charge is 2.22. The van der Waals surface area contributed by atoms with Crippen molar-refractivity contribution in [3.63, 3.8) is 0 Å². The van der Waals surface area contributed by atoms with Crippen LogP contribution in [-0.4, -0.2) is 59.0 Å². The van der Waals surface area contributed by atoms with Crippen LogP contribution >= 0.6 is 0 Å². The third kappa shape index (κ3) is 4.58. The standard InChI is InChI=1S/C22H26N4O3/c1-16-14-25(15-17(2)29-16)11-10-23-22(27)20-13-19(21-9-6-12-28-21)24-26(20)18-7-4-3-5-8-18/h3-9,12-13,16-17H,10-11,14-15H2,1-2H3,(H,23,27)/t16-,17+. The van der Waals surface area contributed by atoms with Gasteiger partial charge in [0.2, 0.25) is 0 Å². The number of carbonyl (C=O) groups is 1. The maximum atomic E-state index is 12.9. The molecule has 4 rings (SSSR count). The minimum atomic E-state index is -0.159. The molecule has 1 aromatic carbocycles. The van der Waals surface area contributed by atoms with Gasteiger partial charge in [0.25, 0.3) is 5.91 Å². The lowest BCUT2D eigenvalue weighted by Gasteiger charge is -2.35. The molecule has 0 aliphatic carbocycles. The predicted octanol–water partition coefficient (Wildman–Crippen LogP) is 2.97. The Morgan fingerprint density at radius 2 is 1.90 bits per heavy atom. The van der Waals surface area contributed by atoms with Gasteiger partial charge in [-0.25, -0.2) is 4.68 Å². The van der Waals surface area contributed by atoms with E-state index in [2.05, 4.69) is 29.2 Å². The Labute approximate surface area is 170 Å². The zero-order valence-corrected chi connectivity index (χ0v) is 16.7.